The molecule has 6 rings (SSSR count). The summed E-state index contributed by atoms with van der Waals surface area (Å²) >= 11 is 0. The monoisotopic (exact) mass is 544 g/mol. The molecule has 0 radical (unpaired) electrons. The first-order valence-corrected chi connectivity index (χ1v) is 11.9. The van der Waals surface area contributed by atoms with Gasteiger partial charge in [0.1, 0.15) is 17.5 Å². The molecule has 0 aliphatic carbocycles. The average molecular weight is 544 g/mol. The van der Waals surface area contributed by atoms with E-state index in [1.807, 2.05) is 4.90 Å². The highest BCUT2D eigenvalue weighted by molar-refractivity contribution is 5.77. The normalized spacial score (nSPS) is 28.3. The number of nitrogens with one attached hydrogen (secondary N) is 2. The van der Waals surface area contributed by atoms with Crippen molar-refractivity contribution in [3.8, 4) is 0 Å². The number of pyridine rings is 2. The largest absolute Gasteiger partial charge is 0.491 e. The Morgan fingerprint density at radius 3 is 2.58 bits per heavy atom. The molecule has 0 saturated carbocycles. The lowest BCUT2D eigenvalue weighted by Crippen LogP contribution is -2.56. The number of carbonyl (C=O) groups is 1. The molecule has 2 N–H and O–H groups in total. The van der Waals surface area contributed by atoms with Crippen LogP contribution in [-0.2, 0) is 20.4 Å². The van der Waals surface area contributed by atoms with E-state index in [0.717, 1.165) is 18.6 Å². The van der Waals surface area contributed by atoms with E-state index in [9.17, 15) is 31.1 Å². The van der Waals surface area contributed by atoms with Crippen molar-refractivity contribution >= 4 is 29.1 Å². The van der Waals surface area contributed by atoms with Gasteiger partial charge in [-0.05, 0) is 18.6 Å². The van der Waals surface area contributed by atoms with Crippen molar-refractivity contribution in [3.05, 3.63) is 36.0 Å². The Morgan fingerprint density at radius 1 is 1.16 bits per heavy atom. The number of hydrogen-bond donors (Lipinski definition) is 2. The number of rotatable bonds is 5. The molecule has 0 aromatic carbocycles. The lowest BCUT2D eigenvalue weighted by Gasteiger charge is -2.40. The molecule has 2 aromatic rings. The van der Waals surface area contributed by atoms with Crippen molar-refractivity contribution in [1.29, 1.82) is 0 Å². The van der Waals surface area contributed by atoms with Crippen molar-refractivity contribution in [3.63, 3.8) is 0 Å². The summed E-state index contributed by atoms with van der Waals surface area (Å²) in [7, 11) is 0. The Morgan fingerprint density at radius 2 is 1.97 bits per heavy atom. The summed E-state index contributed by atoms with van der Waals surface area (Å²) < 4.78 is 88.8. The lowest BCUT2D eigenvalue weighted by molar-refractivity contribution is -0.212. The molecule has 4 aliphatic rings. The number of nitrogens with zero attached hydrogens (tertiary/aromatic N) is 4. The van der Waals surface area contributed by atoms with Gasteiger partial charge in [-0.15, -0.1) is 0 Å². The molecule has 0 spiro atoms. The number of anilines is 4. The van der Waals surface area contributed by atoms with Crippen LogP contribution in [0.3, 0.4) is 0 Å². The zero-order valence-electron chi connectivity index (χ0n) is 19.6. The first-order valence-electron chi connectivity index (χ1n) is 11.9. The van der Waals surface area contributed by atoms with Crippen LogP contribution in [0.2, 0.25) is 0 Å². The van der Waals surface area contributed by atoms with E-state index in [1.165, 1.54) is 0 Å². The molecule has 4 fully saturated rings. The van der Waals surface area contributed by atoms with Crippen molar-refractivity contribution in [1.82, 2.24) is 15.3 Å². The molecule has 2 aromatic heterocycles. The van der Waals surface area contributed by atoms with Crippen LogP contribution in [0, 0.1) is 0 Å². The summed E-state index contributed by atoms with van der Waals surface area (Å²) in [6.07, 6.45) is -8.00. The number of carbonyl (C=O) groups excluding carboxylic acids is 1. The molecule has 4 atom stereocenters. The maximum atomic E-state index is 13.1. The zero-order chi connectivity index (χ0) is 26.9. The summed E-state index contributed by atoms with van der Waals surface area (Å²) in [5.41, 5.74) is -2.01. The second-order valence-corrected chi connectivity index (χ2v) is 9.85. The van der Waals surface area contributed by atoms with E-state index < -0.39 is 29.6 Å². The molecule has 4 saturated heterocycles. The zero-order valence-corrected chi connectivity index (χ0v) is 19.6. The van der Waals surface area contributed by atoms with E-state index >= 15 is 0 Å². The molecule has 38 heavy (non-hydrogen) atoms. The fraction of sp³-hybridized carbons (Fsp3) is 0.522. The maximum absolute atomic E-state index is 13.1. The Kier molecular flexibility index (Phi) is 5.65. The van der Waals surface area contributed by atoms with Crippen LogP contribution in [-0.4, -0.2) is 72.3 Å². The number of morpholine rings is 1. The van der Waals surface area contributed by atoms with Crippen LogP contribution in [0.25, 0.3) is 0 Å². The van der Waals surface area contributed by atoms with E-state index in [1.54, 1.807) is 17.0 Å². The van der Waals surface area contributed by atoms with Crippen LogP contribution in [0.1, 0.15) is 18.4 Å². The molecule has 0 amide bonds. The van der Waals surface area contributed by atoms with Crippen LogP contribution in [0.15, 0.2) is 30.5 Å². The molecule has 15 heteroatoms. The Balaban J connectivity index is 1.34. The fourth-order valence-corrected chi connectivity index (χ4v) is 5.57. The van der Waals surface area contributed by atoms with Gasteiger partial charge >= 0.3 is 18.3 Å². The second-order valence-electron chi connectivity index (χ2n) is 9.85. The molecule has 4 aliphatic heterocycles. The molecule has 4 unspecified atom stereocenters. The van der Waals surface area contributed by atoms with E-state index in [0.29, 0.717) is 30.9 Å². The van der Waals surface area contributed by atoms with Gasteiger partial charge in [-0.1, -0.05) is 0 Å². The number of hydrogen-bond acceptors (Lipinski definition) is 9. The third kappa shape index (κ3) is 4.46. The summed E-state index contributed by atoms with van der Waals surface area (Å²) in [5, 5.41) is 5.97. The Hall–Kier alpha value is -3.33. The van der Waals surface area contributed by atoms with E-state index in [2.05, 4.69) is 20.6 Å². The van der Waals surface area contributed by atoms with Crippen LogP contribution >= 0.6 is 0 Å². The Labute approximate surface area is 212 Å². The second kappa shape index (κ2) is 8.59. The summed E-state index contributed by atoms with van der Waals surface area (Å²) in [5.74, 6) is -1.44. The van der Waals surface area contributed by atoms with Gasteiger partial charge in [0.25, 0.3) is 0 Å². The highest BCUT2D eigenvalue weighted by Crippen LogP contribution is 2.43. The predicted octanol–water partition coefficient (Wildman–Crippen LogP) is 3.20. The quantitative estimate of drug-likeness (QED) is 0.435. The maximum Gasteiger partial charge on any atom is 0.491 e. The third-order valence-electron chi connectivity index (χ3n) is 7.29. The lowest BCUT2D eigenvalue weighted by atomic mass is 10.1. The number of halogens is 6. The smallest absolute Gasteiger partial charge is 0.431 e. The number of fused-ring (bicyclic) bond motifs is 4. The van der Waals surface area contributed by atoms with Gasteiger partial charge in [0, 0.05) is 49.6 Å². The first-order chi connectivity index (χ1) is 17.9. The molecule has 6 heterocycles. The van der Waals surface area contributed by atoms with Crippen molar-refractivity contribution < 1.29 is 40.6 Å². The van der Waals surface area contributed by atoms with Gasteiger partial charge in [-0.2, -0.15) is 26.3 Å². The third-order valence-corrected chi connectivity index (χ3v) is 7.29. The molecule has 9 nitrogen and oxygen atoms in total. The van der Waals surface area contributed by atoms with Crippen LogP contribution < -0.4 is 20.4 Å². The molecule has 4 bridgehead atoms. The van der Waals surface area contributed by atoms with Crippen molar-refractivity contribution in [2.75, 3.05) is 41.4 Å². The van der Waals surface area contributed by atoms with Gasteiger partial charge in [0.05, 0.1) is 30.9 Å². The fourth-order valence-electron chi connectivity index (χ4n) is 5.57. The van der Waals surface area contributed by atoms with Gasteiger partial charge in [0.2, 0.25) is 5.72 Å². The van der Waals surface area contributed by atoms with Gasteiger partial charge < -0.3 is 29.9 Å². The number of esters is 1. The van der Waals surface area contributed by atoms with E-state index in [4.69, 9.17) is 9.47 Å². The first kappa shape index (κ1) is 25.0. The molecular weight excluding hydrogens is 522 g/mol. The number of ether oxygens (including phenoxy) is 2. The minimum Gasteiger partial charge on any atom is -0.431 e. The van der Waals surface area contributed by atoms with Gasteiger partial charge in [-0.25, -0.2) is 14.8 Å². The number of piperazine rings is 1. The van der Waals surface area contributed by atoms with Crippen LogP contribution in [0.4, 0.5) is 49.5 Å². The minimum atomic E-state index is -5.15. The van der Waals surface area contributed by atoms with Gasteiger partial charge in [-0.3, -0.25) is 0 Å². The highest BCUT2D eigenvalue weighted by atomic mass is 19.4. The highest BCUT2D eigenvalue weighted by Gasteiger charge is 2.57. The molecule has 204 valence electrons. The van der Waals surface area contributed by atoms with Crippen molar-refractivity contribution in [2.45, 2.75) is 49.1 Å². The van der Waals surface area contributed by atoms with Crippen LogP contribution in [0.5, 0.6) is 0 Å². The standard InChI is InChI=1S/C23H22F6N6O3/c24-22(25,26)12-1-2-17(30-7-12)32-18-4-14(5-19(33-18)34-9-16-3-15(34)10-37-16)35-8-13-6-21(35,11-31-13)38-20(36)23(27,28)29/h1-2,4-5,7,13,15-16,31H,3,6,8-11H2,(H,30,32,33). The number of aromatic nitrogens is 2. The topological polar surface area (TPSA) is 91.9 Å². The summed E-state index contributed by atoms with van der Waals surface area (Å²) in [4.78, 5) is 23.9. The summed E-state index contributed by atoms with van der Waals surface area (Å²) in [6, 6.07) is 5.18. The minimum absolute atomic E-state index is 0.00260. The Bertz CT molecular complexity index is 1240. The predicted molar refractivity (Wildman–Crippen MR) is 121 cm³/mol. The number of alkyl halides is 6. The average Bonchev–Trinajstić information content (AvgIpc) is 3.64. The van der Waals surface area contributed by atoms with Crippen molar-refractivity contribution in [2.24, 2.45) is 0 Å². The SMILES string of the molecule is O=C(OC12CNC(CN1c1cc(Nc3ccc(C(F)(F)F)cn3)nc(N3CC4CC3CO4)c1)C2)C(F)(F)F. The summed E-state index contributed by atoms with van der Waals surface area (Å²) in [6.45, 7) is 1.35. The van der Waals surface area contributed by atoms with Gasteiger partial charge in [0.15, 0.2) is 0 Å². The van der Waals surface area contributed by atoms with E-state index in [-0.39, 0.29) is 49.3 Å². The molecular formula is C23H22F6N6O3.